The van der Waals surface area contributed by atoms with E-state index >= 15 is 0 Å². The van der Waals surface area contributed by atoms with Gasteiger partial charge in [0.25, 0.3) is 5.78 Å². The van der Waals surface area contributed by atoms with Gasteiger partial charge in [0, 0.05) is 18.8 Å². The van der Waals surface area contributed by atoms with E-state index in [1.54, 1.807) is 22.9 Å². The van der Waals surface area contributed by atoms with E-state index in [0.717, 1.165) is 0 Å². The van der Waals surface area contributed by atoms with E-state index in [2.05, 4.69) is 0 Å². The van der Waals surface area contributed by atoms with Crippen LogP contribution in [0, 0.1) is 0 Å². The smallest absolute Gasteiger partial charge is 0.376 e. The highest BCUT2D eigenvalue weighted by Gasteiger charge is 2.12. The summed E-state index contributed by atoms with van der Waals surface area (Å²) in [4.78, 5) is 21.0. The van der Waals surface area contributed by atoms with Crippen molar-refractivity contribution in [3.05, 3.63) is 30.1 Å². The molecule has 0 aliphatic carbocycles. The lowest BCUT2D eigenvalue weighted by Gasteiger charge is -2.04. The highest BCUT2D eigenvalue weighted by atomic mass is 16.4. The summed E-state index contributed by atoms with van der Waals surface area (Å²) in [5, 5.41) is 17.8. The number of carbonyl (C=O) groups excluding carboxylic acids is 1. The summed E-state index contributed by atoms with van der Waals surface area (Å²) in [5.74, 6) is -3.07. The van der Waals surface area contributed by atoms with Crippen LogP contribution in [0.1, 0.15) is 12.6 Å². The Balaban J connectivity index is 2.98. The lowest BCUT2D eigenvalue weighted by Crippen LogP contribution is -2.10. The molecule has 0 atom stereocenters. The normalized spacial score (nSPS) is 11.4. The van der Waals surface area contributed by atoms with Crippen molar-refractivity contribution in [1.82, 2.24) is 4.57 Å². The highest BCUT2D eigenvalue weighted by Crippen LogP contribution is 2.12. The summed E-state index contributed by atoms with van der Waals surface area (Å²) in [6.45, 7) is 2.50. The van der Waals surface area contributed by atoms with E-state index in [1.165, 1.54) is 0 Å². The SMILES string of the molecule is CCn1cccc1/C(O)=C/C(=O)C(=O)O. The Kier molecular flexibility index (Phi) is 3.28. The van der Waals surface area contributed by atoms with Crippen LogP contribution in [0.15, 0.2) is 24.4 Å². The molecule has 0 saturated carbocycles. The molecule has 1 aromatic heterocycles. The summed E-state index contributed by atoms with van der Waals surface area (Å²) in [6.07, 6.45) is 2.43. The third-order valence-electron chi connectivity index (χ3n) is 1.91. The molecule has 5 heteroatoms. The number of carbonyl (C=O) groups is 2. The van der Waals surface area contributed by atoms with Gasteiger partial charge in [-0.25, -0.2) is 4.79 Å². The van der Waals surface area contributed by atoms with E-state index in [9.17, 15) is 14.7 Å². The minimum Gasteiger partial charge on any atom is -0.506 e. The van der Waals surface area contributed by atoms with Gasteiger partial charge in [-0.1, -0.05) is 0 Å². The molecule has 1 aromatic rings. The molecule has 0 saturated heterocycles. The second kappa shape index (κ2) is 4.45. The number of rotatable bonds is 4. The van der Waals surface area contributed by atoms with Crippen LogP contribution in [0.2, 0.25) is 0 Å². The molecular weight excluding hydrogens is 198 g/mol. The van der Waals surface area contributed by atoms with Gasteiger partial charge in [0.05, 0.1) is 5.69 Å². The van der Waals surface area contributed by atoms with E-state index in [-0.39, 0.29) is 5.76 Å². The Morgan fingerprint density at radius 3 is 2.67 bits per heavy atom. The van der Waals surface area contributed by atoms with Crippen LogP contribution >= 0.6 is 0 Å². The lowest BCUT2D eigenvalue weighted by atomic mass is 10.2. The zero-order valence-electron chi connectivity index (χ0n) is 8.17. The molecule has 80 valence electrons. The standard InChI is InChI=1S/C10H11NO4/c1-2-11-5-3-4-7(11)8(12)6-9(13)10(14)15/h3-6,12H,2H2,1H3,(H,14,15)/b8-6-. The van der Waals surface area contributed by atoms with Crippen LogP contribution in [0.25, 0.3) is 5.76 Å². The van der Waals surface area contributed by atoms with Gasteiger partial charge in [-0.15, -0.1) is 0 Å². The van der Waals surface area contributed by atoms with Crippen LogP contribution in [-0.4, -0.2) is 26.5 Å². The second-order valence-electron chi connectivity index (χ2n) is 2.88. The largest absolute Gasteiger partial charge is 0.506 e. The number of nitrogens with zero attached hydrogens (tertiary/aromatic N) is 1. The molecule has 0 fully saturated rings. The third-order valence-corrected chi connectivity index (χ3v) is 1.91. The summed E-state index contributed by atoms with van der Waals surface area (Å²) in [7, 11) is 0. The van der Waals surface area contributed by atoms with Gasteiger partial charge in [-0.2, -0.15) is 0 Å². The Labute approximate surface area is 86.3 Å². The fourth-order valence-corrected chi connectivity index (χ4v) is 1.18. The maximum atomic E-state index is 10.8. The molecule has 5 nitrogen and oxygen atoms in total. The second-order valence-corrected chi connectivity index (χ2v) is 2.88. The molecule has 0 aromatic carbocycles. The topological polar surface area (TPSA) is 79.5 Å². The molecule has 0 unspecified atom stereocenters. The molecule has 2 N–H and O–H groups in total. The zero-order chi connectivity index (χ0) is 11.4. The summed E-state index contributed by atoms with van der Waals surface area (Å²) in [5.41, 5.74) is 0.423. The first-order chi connectivity index (χ1) is 7.06. The first-order valence-electron chi connectivity index (χ1n) is 4.39. The van der Waals surface area contributed by atoms with Crippen LogP contribution in [-0.2, 0) is 16.1 Å². The van der Waals surface area contributed by atoms with Crippen molar-refractivity contribution in [2.75, 3.05) is 0 Å². The quantitative estimate of drug-likeness (QED) is 0.441. The lowest BCUT2D eigenvalue weighted by molar-refractivity contribution is -0.146. The maximum absolute atomic E-state index is 10.8. The maximum Gasteiger partial charge on any atom is 0.376 e. The van der Waals surface area contributed by atoms with Crippen molar-refractivity contribution < 1.29 is 19.8 Å². The fraction of sp³-hybridized carbons (Fsp3) is 0.200. The van der Waals surface area contributed by atoms with Gasteiger partial charge in [-0.3, -0.25) is 4.79 Å². The van der Waals surface area contributed by atoms with Crippen LogP contribution in [0.4, 0.5) is 0 Å². The van der Waals surface area contributed by atoms with Gasteiger partial charge in [0.15, 0.2) is 0 Å². The first kappa shape index (κ1) is 11.0. The van der Waals surface area contributed by atoms with Gasteiger partial charge in [0.2, 0.25) is 0 Å². The number of aliphatic hydroxyl groups excluding tert-OH is 1. The molecule has 0 aliphatic heterocycles. The monoisotopic (exact) mass is 209 g/mol. The van der Waals surface area contributed by atoms with Crippen molar-refractivity contribution in [3.8, 4) is 0 Å². The van der Waals surface area contributed by atoms with Crippen LogP contribution in [0.5, 0.6) is 0 Å². The third kappa shape index (κ3) is 2.46. The molecule has 0 spiro atoms. The summed E-state index contributed by atoms with van der Waals surface area (Å²) in [6, 6.07) is 3.30. The van der Waals surface area contributed by atoms with E-state index < -0.39 is 11.8 Å². The van der Waals surface area contributed by atoms with Crippen molar-refractivity contribution in [3.63, 3.8) is 0 Å². The number of carboxylic acid groups (broad SMARTS) is 1. The molecule has 0 bridgehead atoms. The van der Waals surface area contributed by atoms with Crippen LogP contribution in [0.3, 0.4) is 0 Å². The van der Waals surface area contributed by atoms with Crippen molar-refractivity contribution in [1.29, 1.82) is 0 Å². The minimum absolute atomic E-state index is 0.339. The fourth-order valence-electron chi connectivity index (χ4n) is 1.18. The van der Waals surface area contributed by atoms with Gasteiger partial charge < -0.3 is 14.8 Å². The average molecular weight is 209 g/mol. The number of aromatic nitrogens is 1. The Bertz CT molecular complexity index is 417. The molecule has 1 heterocycles. The van der Waals surface area contributed by atoms with Gasteiger partial charge in [-0.05, 0) is 19.1 Å². The Morgan fingerprint density at radius 1 is 1.47 bits per heavy atom. The number of aliphatic carboxylic acids is 1. The number of hydrogen-bond donors (Lipinski definition) is 2. The molecule has 0 amide bonds. The first-order valence-corrected chi connectivity index (χ1v) is 4.39. The van der Waals surface area contributed by atoms with E-state index in [1.807, 2.05) is 6.92 Å². The van der Waals surface area contributed by atoms with E-state index in [0.29, 0.717) is 18.3 Å². The summed E-state index contributed by atoms with van der Waals surface area (Å²) >= 11 is 0. The predicted molar refractivity (Wildman–Crippen MR) is 53.4 cm³/mol. The average Bonchev–Trinajstić information content (AvgIpc) is 2.64. The van der Waals surface area contributed by atoms with Crippen molar-refractivity contribution >= 4 is 17.5 Å². The van der Waals surface area contributed by atoms with Gasteiger partial charge >= 0.3 is 5.97 Å². The number of hydrogen-bond acceptors (Lipinski definition) is 3. The zero-order valence-corrected chi connectivity index (χ0v) is 8.17. The van der Waals surface area contributed by atoms with Crippen molar-refractivity contribution in [2.45, 2.75) is 13.5 Å². The molecular formula is C10H11NO4. The summed E-state index contributed by atoms with van der Waals surface area (Å²) < 4.78 is 1.70. The van der Waals surface area contributed by atoms with Gasteiger partial charge in [0.1, 0.15) is 5.76 Å². The molecule has 0 aliphatic rings. The highest BCUT2D eigenvalue weighted by molar-refractivity contribution is 6.38. The Morgan fingerprint density at radius 2 is 2.13 bits per heavy atom. The minimum atomic E-state index is -1.59. The van der Waals surface area contributed by atoms with Crippen molar-refractivity contribution in [2.24, 2.45) is 0 Å². The van der Waals surface area contributed by atoms with Crippen LogP contribution < -0.4 is 0 Å². The number of aliphatic hydroxyl groups is 1. The number of aryl methyl sites for hydroxylation is 1. The Hall–Kier alpha value is -2.04. The molecule has 0 radical (unpaired) electrons. The molecule has 15 heavy (non-hydrogen) atoms. The predicted octanol–water partition coefficient (Wildman–Crippen LogP) is 1.06. The number of ketones is 1. The van der Waals surface area contributed by atoms with E-state index in [4.69, 9.17) is 5.11 Å². The number of carboxylic acids is 1. The molecule has 1 rings (SSSR count).